The van der Waals surface area contributed by atoms with Crippen molar-refractivity contribution >= 4 is 5.78 Å². The van der Waals surface area contributed by atoms with Gasteiger partial charge < -0.3 is 0 Å². The number of Topliss-reactive ketones (excluding diaryl/α,β-unsaturated/α-hetero) is 1. The van der Waals surface area contributed by atoms with Crippen LogP contribution in [-0.4, -0.2) is 5.78 Å². The summed E-state index contributed by atoms with van der Waals surface area (Å²) in [5.41, 5.74) is 0. The lowest BCUT2D eigenvalue weighted by molar-refractivity contribution is -0.118. The molecule has 0 spiro atoms. The van der Waals surface area contributed by atoms with Gasteiger partial charge in [-0.05, 0) is 19.3 Å². The summed E-state index contributed by atoms with van der Waals surface area (Å²) in [5.74, 6) is 0.354. The molecule has 1 rings (SSSR count). The Labute approximate surface area is 67.8 Å². The van der Waals surface area contributed by atoms with Crippen molar-refractivity contribution < 1.29 is 4.79 Å². The maximum atomic E-state index is 11.0. The Bertz CT molecular complexity index is 177. The van der Waals surface area contributed by atoms with Crippen LogP contribution in [0.4, 0.5) is 0 Å². The highest BCUT2D eigenvalue weighted by molar-refractivity contribution is 5.79. The van der Waals surface area contributed by atoms with Crippen LogP contribution in [0.5, 0.6) is 0 Å². The fraction of sp³-hybridized carbons (Fsp3) is 0.500. The molecule has 60 valence electrons. The molecule has 0 amide bonds. The third-order valence-corrected chi connectivity index (χ3v) is 1.77. The lowest BCUT2D eigenvalue weighted by atomic mass is 10.1. The Kier molecular flexibility index (Phi) is 3.67. The maximum absolute atomic E-state index is 11.0. The topological polar surface area (TPSA) is 17.1 Å². The summed E-state index contributed by atoms with van der Waals surface area (Å²) in [6.45, 7) is 0. The highest BCUT2D eigenvalue weighted by Gasteiger charge is 1.96. The molecular weight excluding hydrogens is 136 g/mol. The van der Waals surface area contributed by atoms with E-state index >= 15 is 0 Å². The van der Waals surface area contributed by atoms with Crippen LogP contribution < -0.4 is 0 Å². The highest BCUT2D eigenvalue weighted by atomic mass is 16.1. The van der Waals surface area contributed by atoms with Crippen LogP contribution in [0.2, 0.25) is 0 Å². The average Bonchev–Trinajstić information content (AvgIpc) is 2.03. The first kappa shape index (κ1) is 8.25. The van der Waals surface area contributed by atoms with Gasteiger partial charge in [-0.15, -0.1) is 0 Å². The molecule has 1 aliphatic rings. The lowest BCUT2D eigenvalue weighted by Gasteiger charge is -1.95. The molecule has 0 atom stereocenters. The number of hydrogen-bond donors (Lipinski definition) is 0. The third kappa shape index (κ3) is 3.76. The molecule has 1 heteroatoms. The second-order valence-corrected chi connectivity index (χ2v) is 2.80. The summed E-state index contributed by atoms with van der Waals surface area (Å²) in [6.07, 6.45) is 12.8. The molecule has 1 nitrogen and oxygen atoms in total. The summed E-state index contributed by atoms with van der Waals surface area (Å²) in [4.78, 5) is 11.0. The minimum atomic E-state index is 0.354. The van der Waals surface area contributed by atoms with E-state index in [1.165, 1.54) is 0 Å². The van der Waals surface area contributed by atoms with Crippen molar-refractivity contribution in [2.75, 3.05) is 0 Å². The molecule has 11 heavy (non-hydrogen) atoms. The molecular formula is C10H14O. The minimum Gasteiger partial charge on any atom is -0.299 e. The molecule has 0 aromatic carbocycles. The number of ketones is 1. The van der Waals surface area contributed by atoms with Crippen molar-refractivity contribution in [2.45, 2.75) is 32.1 Å². The van der Waals surface area contributed by atoms with Gasteiger partial charge in [-0.1, -0.05) is 24.3 Å². The number of allylic oxidation sites excluding steroid dienone is 4. The zero-order valence-corrected chi connectivity index (χ0v) is 6.75. The molecule has 0 unspecified atom stereocenters. The standard InChI is InChI=1S/C10H14O/c11-10-8-6-4-2-1-3-5-7-9-10/h2,4-5,7H,1,3,6,8-9H2/b4-2+,7-5+. The second kappa shape index (κ2) is 4.89. The highest BCUT2D eigenvalue weighted by Crippen LogP contribution is 2.03. The molecule has 0 aliphatic heterocycles. The summed E-state index contributed by atoms with van der Waals surface area (Å²) in [5, 5.41) is 0. The van der Waals surface area contributed by atoms with E-state index in [0.717, 1.165) is 19.3 Å². The Morgan fingerprint density at radius 3 is 2.36 bits per heavy atom. The van der Waals surface area contributed by atoms with Crippen molar-refractivity contribution in [3.63, 3.8) is 0 Å². The molecule has 0 aromatic rings. The van der Waals surface area contributed by atoms with Gasteiger partial charge >= 0.3 is 0 Å². The predicted molar refractivity (Wildman–Crippen MR) is 46.4 cm³/mol. The zero-order chi connectivity index (χ0) is 7.94. The molecule has 0 fully saturated rings. The van der Waals surface area contributed by atoms with Gasteiger partial charge in [-0.3, -0.25) is 4.79 Å². The maximum Gasteiger partial charge on any atom is 0.136 e. The van der Waals surface area contributed by atoms with Crippen molar-refractivity contribution in [3.8, 4) is 0 Å². The largest absolute Gasteiger partial charge is 0.299 e. The van der Waals surface area contributed by atoms with Crippen LogP contribution in [-0.2, 0) is 4.79 Å². The monoisotopic (exact) mass is 150 g/mol. The van der Waals surface area contributed by atoms with Crippen molar-refractivity contribution in [1.82, 2.24) is 0 Å². The molecule has 0 N–H and O–H groups in total. The number of rotatable bonds is 0. The quantitative estimate of drug-likeness (QED) is 0.485. The van der Waals surface area contributed by atoms with E-state index in [0.29, 0.717) is 18.6 Å². The van der Waals surface area contributed by atoms with Gasteiger partial charge in [-0.25, -0.2) is 0 Å². The first-order valence-corrected chi connectivity index (χ1v) is 4.21. The minimum absolute atomic E-state index is 0.354. The van der Waals surface area contributed by atoms with Crippen molar-refractivity contribution in [3.05, 3.63) is 24.3 Å². The van der Waals surface area contributed by atoms with E-state index < -0.39 is 0 Å². The molecule has 1 aliphatic carbocycles. The summed E-state index contributed by atoms with van der Waals surface area (Å²) >= 11 is 0. The van der Waals surface area contributed by atoms with Gasteiger partial charge in [-0.2, -0.15) is 0 Å². The first-order chi connectivity index (χ1) is 5.39. The van der Waals surface area contributed by atoms with Crippen molar-refractivity contribution in [2.24, 2.45) is 0 Å². The second-order valence-electron chi connectivity index (χ2n) is 2.80. The van der Waals surface area contributed by atoms with Crippen LogP contribution in [0.1, 0.15) is 32.1 Å². The first-order valence-electron chi connectivity index (χ1n) is 4.21. The average molecular weight is 150 g/mol. The summed E-state index contributed by atoms with van der Waals surface area (Å²) in [7, 11) is 0. The van der Waals surface area contributed by atoms with Crippen LogP contribution in [0.25, 0.3) is 0 Å². The molecule has 0 bridgehead atoms. The normalized spacial score (nSPS) is 26.0. The van der Waals surface area contributed by atoms with Gasteiger partial charge in [0.15, 0.2) is 0 Å². The summed E-state index contributed by atoms with van der Waals surface area (Å²) in [6, 6.07) is 0. The Morgan fingerprint density at radius 1 is 0.909 bits per heavy atom. The van der Waals surface area contributed by atoms with E-state index in [1.807, 2.05) is 6.08 Å². The van der Waals surface area contributed by atoms with E-state index in [4.69, 9.17) is 0 Å². The molecule has 0 heterocycles. The van der Waals surface area contributed by atoms with E-state index in [-0.39, 0.29) is 0 Å². The van der Waals surface area contributed by atoms with Crippen LogP contribution in [0.15, 0.2) is 24.3 Å². The van der Waals surface area contributed by atoms with Gasteiger partial charge in [0.1, 0.15) is 5.78 Å². The summed E-state index contributed by atoms with van der Waals surface area (Å²) < 4.78 is 0. The van der Waals surface area contributed by atoms with Gasteiger partial charge in [0.2, 0.25) is 0 Å². The van der Waals surface area contributed by atoms with Crippen molar-refractivity contribution in [1.29, 1.82) is 0 Å². The molecule has 0 saturated carbocycles. The fourth-order valence-electron chi connectivity index (χ4n) is 1.11. The Morgan fingerprint density at radius 2 is 1.55 bits per heavy atom. The fourth-order valence-corrected chi connectivity index (χ4v) is 1.11. The predicted octanol–water partition coefficient (Wildman–Crippen LogP) is 2.63. The van der Waals surface area contributed by atoms with Crippen LogP contribution in [0, 0.1) is 0 Å². The molecule has 0 radical (unpaired) electrons. The number of carbonyl (C=O) groups excluding carboxylic acids is 1. The SMILES string of the molecule is O=C1C/C=C/CC/C=C/CC1. The molecule has 0 saturated heterocycles. The third-order valence-electron chi connectivity index (χ3n) is 1.77. The van der Waals surface area contributed by atoms with Crippen LogP contribution in [0.3, 0.4) is 0 Å². The Balaban J connectivity index is 2.40. The van der Waals surface area contributed by atoms with Gasteiger partial charge in [0.25, 0.3) is 0 Å². The van der Waals surface area contributed by atoms with E-state index in [1.54, 1.807) is 0 Å². The zero-order valence-electron chi connectivity index (χ0n) is 6.75. The lowest BCUT2D eigenvalue weighted by Crippen LogP contribution is -1.94. The van der Waals surface area contributed by atoms with E-state index in [2.05, 4.69) is 18.2 Å². The van der Waals surface area contributed by atoms with Crippen LogP contribution >= 0.6 is 0 Å². The van der Waals surface area contributed by atoms with E-state index in [9.17, 15) is 4.79 Å². The number of hydrogen-bond acceptors (Lipinski definition) is 1. The molecule has 0 aromatic heterocycles. The smallest absolute Gasteiger partial charge is 0.136 e. The number of carbonyl (C=O) groups is 1. The Hall–Kier alpha value is -0.850. The van der Waals surface area contributed by atoms with Gasteiger partial charge in [0.05, 0.1) is 0 Å². The van der Waals surface area contributed by atoms with Gasteiger partial charge in [0, 0.05) is 12.8 Å².